The molecule has 6 rings (SSSR count). The van der Waals surface area contributed by atoms with E-state index in [2.05, 4.69) is 39.2 Å². The van der Waals surface area contributed by atoms with Crippen molar-refractivity contribution in [3.05, 3.63) is 123 Å². The standard InChI is InChI=1S/C37H35N5O6/c1-22-5-12-32-28(15-22)31(43)19-35(48-32)37(45)41-29-18-34(47-4)33(46-3)17-27(29)36(44)40-26-9-6-23(7-10-26)13-14-38-20-24-8-11-30-25(16-24)21-39-42(30)2/h5-12,15-19,21,38H,13-14,20H2,1-4H3,(H,40,44)(H,41,45). The highest BCUT2D eigenvalue weighted by Gasteiger charge is 2.21. The zero-order chi connectivity index (χ0) is 33.8. The molecule has 0 saturated carbocycles. The first-order valence-corrected chi connectivity index (χ1v) is 15.4. The Kier molecular flexibility index (Phi) is 9.22. The Morgan fingerprint density at radius 1 is 0.854 bits per heavy atom. The number of carbonyl (C=O) groups excluding carboxylic acids is 2. The number of hydrogen-bond acceptors (Lipinski definition) is 8. The van der Waals surface area contributed by atoms with Crippen LogP contribution >= 0.6 is 0 Å². The van der Waals surface area contributed by atoms with Crippen LogP contribution in [-0.4, -0.2) is 42.4 Å². The maximum absolute atomic E-state index is 13.5. The van der Waals surface area contributed by atoms with Gasteiger partial charge in [0.1, 0.15) is 5.58 Å². The number of methoxy groups -OCH3 is 2. The van der Waals surface area contributed by atoms with Crippen LogP contribution in [0, 0.1) is 6.92 Å². The molecule has 48 heavy (non-hydrogen) atoms. The molecule has 6 aromatic rings. The predicted octanol–water partition coefficient (Wildman–Crippen LogP) is 5.84. The molecule has 0 radical (unpaired) electrons. The van der Waals surface area contributed by atoms with E-state index in [0.717, 1.165) is 47.6 Å². The molecular weight excluding hydrogens is 610 g/mol. The van der Waals surface area contributed by atoms with Crippen LogP contribution in [0.15, 0.2) is 94.3 Å². The summed E-state index contributed by atoms with van der Waals surface area (Å²) in [5.74, 6) is -0.780. The van der Waals surface area contributed by atoms with Gasteiger partial charge in [0.2, 0.25) is 0 Å². The summed E-state index contributed by atoms with van der Waals surface area (Å²) in [6, 6.07) is 23.1. The molecular formula is C37H35N5O6. The largest absolute Gasteiger partial charge is 0.493 e. The number of benzene rings is 4. The molecule has 0 aliphatic carbocycles. The molecule has 0 aliphatic heterocycles. The highest BCUT2D eigenvalue weighted by Crippen LogP contribution is 2.34. The number of rotatable bonds is 11. The number of nitrogens with one attached hydrogen (secondary N) is 3. The summed E-state index contributed by atoms with van der Waals surface area (Å²) < 4.78 is 18.4. The van der Waals surface area contributed by atoms with Gasteiger partial charge in [-0.15, -0.1) is 0 Å². The number of aromatic nitrogens is 2. The Balaban J connectivity index is 1.12. The minimum Gasteiger partial charge on any atom is -0.493 e. The molecule has 11 nitrogen and oxygen atoms in total. The van der Waals surface area contributed by atoms with Crippen molar-refractivity contribution in [3.8, 4) is 11.5 Å². The normalized spacial score (nSPS) is 11.1. The number of amides is 2. The van der Waals surface area contributed by atoms with Gasteiger partial charge in [0.15, 0.2) is 22.7 Å². The Bertz CT molecular complexity index is 2200. The van der Waals surface area contributed by atoms with Crippen molar-refractivity contribution in [3.63, 3.8) is 0 Å². The molecule has 244 valence electrons. The summed E-state index contributed by atoms with van der Waals surface area (Å²) in [7, 11) is 4.84. The third kappa shape index (κ3) is 6.91. The molecule has 0 bridgehead atoms. The van der Waals surface area contributed by atoms with Gasteiger partial charge in [-0.05, 0) is 73.5 Å². The van der Waals surface area contributed by atoms with Crippen molar-refractivity contribution in [1.29, 1.82) is 0 Å². The van der Waals surface area contributed by atoms with E-state index < -0.39 is 11.8 Å². The monoisotopic (exact) mass is 645 g/mol. The van der Waals surface area contributed by atoms with Gasteiger partial charge in [-0.2, -0.15) is 5.10 Å². The predicted molar refractivity (Wildman–Crippen MR) is 185 cm³/mol. The van der Waals surface area contributed by atoms with Crippen molar-refractivity contribution >= 4 is 45.1 Å². The van der Waals surface area contributed by atoms with Crippen molar-refractivity contribution in [2.24, 2.45) is 7.05 Å². The van der Waals surface area contributed by atoms with Gasteiger partial charge in [0.05, 0.1) is 42.6 Å². The Morgan fingerprint density at radius 2 is 1.60 bits per heavy atom. The highest BCUT2D eigenvalue weighted by atomic mass is 16.5. The zero-order valence-electron chi connectivity index (χ0n) is 27.0. The molecule has 11 heteroatoms. The summed E-state index contributed by atoms with van der Waals surface area (Å²) in [5.41, 5.74) is 5.07. The van der Waals surface area contributed by atoms with Crippen molar-refractivity contribution in [2.45, 2.75) is 19.9 Å². The second-order valence-electron chi connectivity index (χ2n) is 11.4. The second kappa shape index (κ2) is 13.8. The van der Waals surface area contributed by atoms with E-state index in [1.54, 1.807) is 18.2 Å². The van der Waals surface area contributed by atoms with Crippen molar-refractivity contribution < 1.29 is 23.5 Å². The molecule has 0 atom stereocenters. The van der Waals surface area contributed by atoms with Crippen LogP contribution in [0.3, 0.4) is 0 Å². The van der Waals surface area contributed by atoms with Crippen LogP contribution in [0.2, 0.25) is 0 Å². The van der Waals surface area contributed by atoms with Crippen LogP contribution in [0.5, 0.6) is 11.5 Å². The number of fused-ring (bicyclic) bond motifs is 2. The summed E-state index contributed by atoms with van der Waals surface area (Å²) in [6.07, 6.45) is 2.67. The molecule has 2 amide bonds. The van der Waals surface area contributed by atoms with E-state index in [1.165, 1.54) is 31.9 Å². The first kappa shape index (κ1) is 32.0. The molecule has 0 unspecified atom stereocenters. The van der Waals surface area contributed by atoms with Gasteiger partial charge in [-0.25, -0.2) is 0 Å². The third-order valence-corrected chi connectivity index (χ3v) is 8.06. The van der Waals surface area contributed by atoms with Gasteiger partial charge in [-0.1, -0.05) is 29.8 Å². The Labute approximate surface area is 276 Å². The molecule has 0 spiro atoms. The maximum atomic E-state index is 13.5. The maximum Gasteiger partial charge on any atom is 0.291 e. The number of ether oxygens (including phenoxy) is 2. The first-order chi connectivity index (χ1) is 23.2. The number of hydrogen-bond donors (Lipinski definition) is 3. The fraction of sp³-hybridized carbons (Fsp3) is 0.189. The first-order valence-electron chi connectivity index (χ1n) is 15.4. The van der Waals surface area contributed by atoms with E-state index in [9.17, 15) is 14.4 Å². The molecule has 2 heterocycles. The van der Waals surface area contributed by atoms with Gasteiger partial charge in [0.25, 0.3) is 11.8 Å². The lowest BCUT2D eigenvalue weighted by atomic mass is 10.1. The fourth-order valence-electron chi connectivity index (χ4n) is 5.48. The number of carbonyl (C=O) groups is 2. The number of anilines is 2. The summed E-state index contributed by atoms with van der Waals surface area (Å²) in [6.45, 7) is 3.39. The van der Waals surface area contributed by atoms with E-state index in [4.69, 9.17) is 13.9 Å². The van der Waals surface area contributed by atoms with Crippen LogP contribution in [0.4, 0.5) is 11.4 Å². The van der Waals surface area contributed by atoms with Gasteiger partial charge in [0, 0.05) is 36.8 Å². The number of nitrogens with zero attached hydrogens (tertiary/aromatic N) is 2. The van der Waals surface area contributed by atoms with Gasteiger partial charge >= 0.3 is 0 Å². The fourth-order valence-corrected chi connectivity index (χ4v) is 5.48. The van der Waals surface area contributed by atoms with Gasteiger partial charge < -0.3 is 29.8 Å². The molecule has 3 N–H and O–H groups in total. The van der Waals surface area contributed by atoms with E-state index >= 15 is 0 Å². The van der Waals surface area contributed by atoms with E-state index in [0.29, 0.717) is 22.6 Å². The molecule has 4 aromatic carbocycles. The zero-order valence-corrected chi connectivity index (χ0v) is 27.0. The van der Waals surface area contributed by atoms with Crippen LogP contribution in [-0.2, 0) is 20.0 Å². The van der Waals surface area contributed by atoms with Crippen LogP contribution < -0.4 is 30.9 Å². The highest BCUT2D eigenvalue weighted by molar-refractivity contribution is 6.12. The molecule has 0 saturated heterocycles. The van der Waals surface area contributed by atoms with Crippen molar-refractivity contribution in [1.82, 2.24) is 15.1 Å². The summed E-state index contributed by atoms with van der Waals surface area (Å²) in [4.78, 5) is 39.6. The van der Waals surface area contributed by atoms with E-state index in [1.807, 2.05) is 49.1 Å². The molecule has 0 aliphatic rings. The minimum atomic E-state index is -0.702. The summed E-state index contributed by atoms with van der Waals surface area (Å²) >= 11 is 0. The quantitative estimate of drug-likeness (QED) is 0.150. The smallest absolute Gasteiger partial charge is 0.291 e. The van der Waals surface area contributed by atoms with Crippen LogP contribution in [0.25, 0.3) is 21.9 Å². The Morgan fingerprint density at radius 3 is 2.38 bits per heavy atom. The lowest BCUT2D eigenvalue weighted by molar-refractivity contribution is 0.0997. The topological polar surface area (TPSA) is 137 Å². The number of aryl methyl sites for hydroxylation is 2. The average Bonchev–Trinajstić information content (AvgIpc) is 3.46. The van der Waals surface area contributed by atoms with E-state index in [-0.39, 0.29) is 28.0 Å². The van der Waals surface area contributed by atoms with Crippen molar-refractivity contribution in [2.75, 3.05) is 31.4 Å². The molecule has 0 fully saturated rings. The minimum absolute atomic E-state index is 0.123. The van der Waals surface area contributed by atoms with Crippen LogP contribution in [0.1, 0.15) is 37.6 Å². The Hall–Kier alpha value is -5.94. The lowest BCUT2D eigenvalue weighted by Gasteiger charge is -2.16. The molecule has 2 aromatic heterocycles. The average molecular weight is 646 g/mol. The summed E-state index contributed by atoms with van der Waals surface area (Å²) in [5, 5.41) is 14.9. The SMILES string of the molecule is COc1cc(NC(=O)c2cc(=O)c3cc(C)ccc3o2)c(C(=O)Nc2ccc(CCNCc3ccc4c(cnn4C)c3)cc2)cc1OC. The third-order valence-electron chi connectivity index (χ3n) is 8.06. The van der Waals surface area contributed by atoms with Gasteiger partial charge in [-0.3, -0.25) is 19.1 Å². The second-order valence-corrected chi connectivity index (χ2v) is 11.4. The lowest BCUT2D eigenvalue weighted by Crippen LogP contribution is -2.20.